The Morgan fingerprint density at radius 3 is 2.56 bits per heavy atom. The molecule has 2 rings (SSSR count). The minimum Gasteiger partial charge on any atom is -0.343 e. The van der Waals surface area contributed by atoms with Crippen molar-refractivity contribution < 1.29 is 4.79 Å². The van der Waals surface area contributed by atoms with E-state index in [1.165, 1.54) is 15.9 Å². The molecule has 1 aromatic heterocycles. The lowest BCUT2D eigenvalue weighted by atomic mass is 10.3. The largest absolute Gasteiger partial charge is 0.343 e. The summed E-state index contributed by atoms with van der Waals surface area (Å²) in [4.78, 5) is 14.5. The Morgan fingerprint density at radius 2 is 1.94 bits per heavy atom. The van der Waals surface area contributed by atoms with Crippen molar-refractivity contribution in [2.24, 2.45) is 0 Å². The minimum absolute atomic E-state index is 0.151. The van der Waals surface area contributed by atoms with E-state index in [0.717, 1.165) is 5.69 Å². The van der Waals surface area contributed by atoms with Crippen molar-refractivity contribution in [3.8, 4) is 5.69 Å². The highest BCUT2D eigenvalue weighted by Gasteiger charge is 2.12. The monoisotopic (exact) mass is 216 g/mol. The molecule has 1 amide bonds. The molecule has 16 heavy (non-hydrogen) atoms. The number of carbonyl (C=O) groups excluding carboxylic acids is 1. The second kappa shape index (κ2) is 4.14. The summed E-state index contributed by atoms with van der Waals surface area (Å²) >= 11 is 0. The molecule has 0 radical (unpaired) electrons. The van der Waals surface area contributed by atoms with Gasteiger partial charge in [-0.25, -0.2) is 0 Å². The summed E-state index contributed by atoms with van der Waals surface area (Å²) in [5.41, 5.74) is 1.18. The molecule has 0 N–H and O–H groups in total. The number of hydrogen-bond donors (Lipinski definition) is 0. The van der Waals surface area contributed by atoms with Crippen LogP contribution in [0.15, 0.2) is 36.5 Å². The van der Waals surface area contributed by atoms with Gasteiger partial charge in [0.25, 0.3) is 5.91 Å². The molecule has 0 aliphatic rings. The summed E-state index contributed by atoms with van der Waals surface area (Å²) in [6.45, 7) is 0. The van der Waals surface area contributed by atoms with Crippen molar-refractivity contribution in [1.29, 1.82) is 0 Å². The molecule has 5 nitrogen and oxygen atoms in total. The summed E-state index contributed by atoms with van der Waals surface area (Å²) in [5, 5.41) is 8.16. The third-order valence-electron chi connectivity index (χ3n) is 2.10. The first kappa shape index (κ1) is 10.4. The average Bonchev–Trinajstić information content (AvgIpc) is 2.78. The van der Waals surface area contributed by atoms with Crippen LogP contribution in [0.2, 0.25) is 0 Å². The van der Waals surface area contributed by atoms with Gasteiger partial charge in [0, 0.05) is 14.1 Å². The van der Waals surface area contributed by atoms with Crippen molar-refractivity contribution in [3.63, 3.8) is 0 Å². The van der Waals surface area contributed by atoms with Crippen LogP contribution >= 0.6 is 0 Å². The van der Waals surface area contributed by atoms with Gasteiger partial charge in [-0.3, -0.25) is 4.79 Å². The van der Waals surface area contributed by atoms with Crippen LogP contribution in [0.3, 0.4) is 0 Å². The van der Waals surface area contributed by atoms with E-state index in [2.05, 4.69) is 10.2 Å². The van der Waals surface area contributed by atoms with Crippen LogP contribution in [0.25, 0.3) is 5.69 Å². The van der Waals surface area contributed by atoms with Crippen LogP contribution in [0.4, 0.5) is 0 Å². The van der Waals surface area contributed by atoms with Gasteiger partial charge in [0.2, 0.25) is 0 Å². The molecule has 0 aliphatic heterocycles. The van der Waals surface area contributed by atoms with Gasteiger partial charge < -0.3 is 4.90 Å². The molecular formula is C11H12N4O. The molecule has 0 fully saturated rings. The number of benzene rings is 1. The zero-order valence-electron chi connectivity index (χ0n) is 9.16. The van der Waals surface area contributed by atoms with Crippen LogP contribution in [-0.4, -0.2) is 39.9 Å². The molecule has 0 bridgehead atoms. The maximum atomic E-state index is 11.6. The fraction of sp³-hybridized carbons (Fsp3) is 0.182. The Hall–Kier alpha value is -2.17. The smallest absolute Gasteiger partial charge is 0.275 e. The first-order valence-electron chi connectivity index (χ1n) is 4.88. The van der Waals surface area contributed by atoms with Crippen molar-refractivity contribution in [2.75, 3.05) is 14.1 Å². The first-order chi connectivity index (χ1) is 7.68. The molecule has 1 heterocycles. The zero-order chi connectivity index (χ0) is 11.5. The lowest BCUT2D eigenvalue weighted by molar-refractivity contribution is 0.0821. The SMILES string of the molecule is CN(C)C(=O)c1cnn(-c2ccccc2)n1. The van der Waals surface area contributed by atoms with Gasteiger partial charge >= 0.3 is 0 Å². The van der Waals surface area contributed by atoms with E-state index in [-0.39, 0.29) is 5.91 Å². The standard InChI is InChI=1S/C11H12N4O/c1-14(2)11(16)10-8-12-15(13-10)9-6-4-3-5-7-9/h3-8H,1-2H3. The van der Waals surface area contributed by atoms with Crippen molar-refractivity contribution in [2.45, 2.75) is 0 Å². The van der Waals surface area contributed by atoms with E-state index in [1.54, 1.807) is 14.1 Å². The van der Waals surface area contributed by atoms with Crippen molar-refractivity contribution in [3.05, 3.63) is 42.2 Å². The Bertz CT molecular complexity index is 490. The predicted octanol–water partition coefficient (Wildman–Crippen LogP) is 0.969. The second-order valence-corrected chi connectivity index (χ2v) is 3.55. The third-order valence-corrected chi connectivity index (χ3v) is 2.10. The van der Waals surface area contributed by atoms with E-state index in [0.29, 0.717) is 5.69 Å². The van der Waals surface area contributed by atoms with Crippen LogP contribution in [0.5, 0.6) is 0 Å². The van der Waals surface area contributed by atoms with Gasteiger partial charge in [-0.2, -0.15) is 9.90 Å². The summed E-state index contributed by atoms with van der Waals surface area (Å²) in [5.74, 6) is -0.151. The molecule has 5 heteroatoms. The van der Waals surface area contributed by atoms with Gasteiger partial charge in [-0.15, -0.1) is 5.10 Å². The van der Waals surface area contributed by atoms with E-state index in [4.69, 9.17) is 0 Å². The number of aromatic nitrogens is 3. The lowest BCUT2D eigenvalue weighted by Crippen LogP contribution is -2.22. The van der Waals surface area contributed by atoms with Crippen molar-refractivity contribution >= 4 is 5.91 Å². The molecule has 0 unspecified atom stereocenters. The van der Waals surface area contributed by atoms with Crippen LogP contribution < -0.4 is 0 Å². The molecule has 82 valence electrons. The first-order valence-corrected chi connectivity index (χ1v) is 4.88. The lowest BCUT2D eigenvalue weighted by Gasteiger charge is -2.06. The van der Waals surface area contributed by atoms with E-state index < -0.39 is 0 Å². The van der Waals surface area contributed by atoms with Gasteiger partial charge in [0.1, 0.15) is 0 Å². The normalized spacial score (nSPS) is 10.1. The number of carbonyl (C=O) groups is 1. The van der Waals surface area contributed by atoms with Gasteiger partial charge in [-0.1, -0.05) is 18.2 Å². The number of para-hydroxylation sites is 1. The third kappa shape index (κ3) is 1.93. The Kier molecular flexibility index (Phi) is 2.68. The second-order valence-electron chi connectivity index (χ2n) is 3.55. The molecule has 0 saturated carbocycles. The van der Waals surface area contributed by atoms with Crippen LogP contribution in [0.1, 0.15) is 10.5 Å². The van der Waals surface area contributed by atoms with Gasteiger partial charge in [0.05, 0.1) is 11.9 Å². The molecule has 1 aromatic carbocycles. The molecule has 2 aromatic rings. The average molecular weight is 216 g/mol. The van der Waals surface area contributed by atoms with Crippen LogP contribution in [0, 0.1) is 0 Å². The summed E-state index contributed by atoms with van der Waals surface area (Å²) < 4.78 is 0. The Morgan fingerprint density at radius 1 is 1.25 bits per heavy atom. The number of amides is 1. The number of hydrogen-bond acceptors (Lipinski definition) is 3. The minimum atomic E-state index is -0.151. The maximum absolute atomic E-state index is 11.6. The summed E-state index contributed by atoms with van der Waals surface area (Å²) in [6, 6.07) is 9.46. The van der Waals surface area contributed by atoms with Crippen molar-refractivity contribution in [1.82, 2.24) is 19.9 Å². The molecule has 0 saturated heterocycles. The fourth-order valence-corrected chi connectivity index (χ4v) is 1.28. The quantitative estimate of drug-likeness (QED) is 0.751. The van der Waals surface area contributed by atoms with E-state index >= 15 is 0 Å². The van der Waals surface area contributed by atoms with Crippen LogP contribution in [-0.2, 0) is 0 Å². The fourth-order valence-electron chi connectivity index (χ4n) is 1.28. The number of rotatable bonds is 2. The Labute approximate surface area is 93.3 Å². The Balaban J connectivity index is 2.30. The van der Waals surface area contributed by atoms with Gasteiger partial charge in [0.15, 0.2) is 5.69 Å². The number of nitrogens with zero attached hydrogens (tertiary/aromatic N) is 4. The maximum Gasteiger partial charge on any atom is 0.275 e. The highest BCUT2D eigenvalue weighted by Crippen LogP contribution is 2.04. The van der Waals surface area contributed by atoms with E-state index in [9.17, 15) is 4.79 Å². The highest BCUT2D eigenvalue weighted by atomic mass is 16.2. The topological polar surface area (TPSA) is 51.0 Å². The molecular weight excluding hydrogens is 204 g/mol. The van der Waals surface area contributed by atoms with Gasteiger partial charge in [-0.05, 0) is 12.1 Å². The zero-order valence-corrected chi connectivity index (χ0v) is 9.16. The van der Waals surface area contributed by atoms with E-state index in [1.807, 2.05) is 30.3 Å². The molecule has 0 spiro atoms. The highest BCUT2D eigenvalue weighted by molar-refractivity contribution is 5.91. The predicted molar refractivity (Wildman–Crippen MR) is 59.4 cm³/mol. The summed E-state index contributed by atoms with van der Waals surface area (Å²) in [7, 11) is 3.37. The summed E-state index contributed by atoms with van der Waals surface area (Å²) in [6.07, 6.45) is 1.47. The molecule has 0 aliphatic carbocycles. The molecule has 0 atom stereocenters.